The van der Waals surface area contributed by atoms with E-state index in [9.17, 15) is 4.79 Å². The number of thioether (sulfide) groups is 2. The van der Waals surface area contributed by atoms with E-state index in [-0.39, 0.29) is 0 Å². The molecule has 3 heterocycles. The van der Waals surface area contributed by atoms with Crippen molar-refractivity contribution in [2.45, 2.75) is 31.1 Å². The van der Waals surface area contributed by atoms with Crippen LogP contribution in [0.2, 0.25) is 0 Å². The van der Waals surface area contributed by atoms with Crippen LogP contribution in [-0.4, -0.2) is 33.4 Å². The smallest absolute Gasteiger partial charge is 0.270 e. The molecule has 1 atom stereocenters. The Bertz CT molecular complexity index is 749. The van der Waals surface area contributed by atoms with Crippen LogP contribution in [0.4, 0.5) is 0 Å². The molecule has 1 unspecified atom stereocenters. The molecule has 2 N–H and O–H groups in total. The van der Waals surface area contributed by atoms with Gasteiger partial charge in [0.2, 0.25) is 0 Å². The number of aromatic nitrogens is 2. The van der Waals surface area contributed by atoms with E-state index in [0.29, 0.717) is 11.6 Å². The van der Waals surface area contributed by atoms with Gasteiger partial charge in [0.25, 0.3) is 5.91 Å². The van der Waals surface area contributed by atoms with Gasteiger partial charge < -0.3 is 5.73 Å². The van der Waals surface area contributed by atoms with Crippen molar-refractivity contribution in [1.82, 2.24) is 10.2 Å². The Morgan fingerprint density at radius 2 is 2.32 bits per heavy atom. The molecule has 132 valence electrons. The molecule has 0 aromatic carbocycles. The molecule has 0 saturated carbocycles. The van der Waals surface area contributed by atoms with Crippen LogP contribution in [0.5, 0.6) is 0 Å². The fourth-order valence-corrected chi connectivity index (χ4v) is 5.57. The Balaban J connectivity index is 2.01. The maximum absolute atomic E-state index is 11.7. The maximum Gasteiger partial charge on any atom is 0.270 e. The standard InChI is InChI=1S/C19H23N3OS2/c1-3-5-12(2)14-9-15-16(8-13-6-4-7-24-10-13)21-22-17(19(20)23)18(15)25-11-14/h3,5,9,13H,1,4,6-8,10-11H2,2H3,(H2,20,23)/b12-5+. The Morgan fingerprint density at radius 1 is 1.48 bits per heavy atom. The molecule has 6 heteroatoms. The van der Waals surface area contributed by atoms with Gasteiger partial charge >= 0.3 is 0 Å². The number of carbonyl (C=O) groups excluding carboxylic acids is 1. The van der Waals surface area contributed by atoms with Gasteiger partial charge in [0.05, 0.1) is 10.6 Å². The normalized spacial score (nSPS) is 20.6. The highest BCUT2D eigenvalue weighted by Crippen LogP contribution is 2.38. The molecule has 1 fully saturated rings. The Labute approximate surface area is 157 Å². The number of hydrogen-bond donors (Lipinski definition) is 1. The first kappa shape index (κ1) is 18.3. The van der Waals surface area contributed by atoms with Gasteiger partial charge in [-0.15, -0.1) is 16.9 Å². The molecule has 4 nitrogen and oxygen atoms in total. The third-order valence-electron chi connectivity index (χ3n) is 4.58. The minimum absolute atomic E-state index is 0.294. The van der Waals surface area contributed by atoms with E-state index in [0.717, 1.165) is 28.3 Å². The average molecular weight is 374 g/mol. The molecule has 1 amide bonds. The van der Waals surface area contributed by atoms with Gasteiger partial charge in [0, 0.05) is 11.3 Å². The summed E-state index contributed by atoms with van der Waals surface area (Å²) < 4.78 is 0. The molecular weight excluding hydrogens is 350 g/mol. The summed E-state index contributed by atoms with van der Waals surface area (Å²) in [6, 6.07) is 0. The lowest BCUT2D eigenvalue weighted by molar-refractivity contribution is 0.0991. The highest BCUT2D eigenvalue weighted by molar-refractivity contribution is 7.99. The van der Waals surface area contributed by atoms with Crippen LogP contribution >= 0.6 is 23.5 Å². The van der Waals surface area contributed by atoms with Crippen LogP contribution in [-0.2, 0) is 6.42 Å². The van der Waals surface area contributed by atoms with Gasteiger partial charge in [0.1, 0.15) is 0 Å². The van der Waals surface area contributed by atoms with E-state index in [1.165, 1.54) is 35.5 Å². The molecule has 0 bridgehead atoms. The summed E-state index contributed by atoms with van der Waals surface area (Å²) in [6.45, 7) is 5.86. The summed E-state index contributed by atoms with van der Waals surface area (Å²) in [6.07, 6.45) is 9.39. The minimum Gasteiger partial charge on any atom is -0.364 e. The van der Waals surface area contributed by atoms with Crippen molar-refractivity contribution >= 4 is 35.5 Å². The predicted octanol–water partition coefficient (Wildman–Crippen LogP) is 3.88. The first-order valence-electron chi connectivity index (χ1n) is 8.50. The Morgan fingerprint density at radius 3 is 3.00 bits per heavy atom. The molecule has 1 saturated heterocycles. The summed E-state index contributed by atoms with van der Waals surface area (Å²) in [5.74, 6) is 3.35. The number of nitrogens with two attached hydrogens (primary N) is 1. The number of nitrogens with zero attached hydrogens (tertiary/aromatic N) is 2. The Kier molecular flexibility index (Phi) is 6.02. The third kappa shape index (κ3) is 4.18. The lowest BCUT2D eigenvalue weighted by Gasteiger charge is -2.24. The van der Waals surface area contributed by atoms with E-state index in [1.807, 2.05) is 17.8 Å². The fraction of sp³-hybridized carbons (Fsp3) is 0.421. The van der Waals surface area contributed by atoms with Crippen LogP contribution in [0, 0.1) is 5.92 Å². The summed E-state index contributed by atoms with van der Waals surface area (Å²) in [7, 11) is 0. The van der Waals surface area contributed by atoms with Crippen molar-refractivity contribution in [3.8, 4) is 0 Å². The van der Waals surface area contributed by atoms with Crippen molar-refractivity contribution in [3.63, 3.8) is 0 Å². The number of rotatable bonds is 5. The lowest BCUT2D eigenvalue weighted by atomic mass is 9.95. The van der Waals surface area contributed by atoms with E-state index in [4.69, 9.17) is 5.73 Å². The monoisotopic (exact) mass is 373 g/mol. The predicted molar refractivity (Wildman–Crippen MR) is 107 cm³/mol. The van der Waals surface area contributed by atoms with Crippen molar-refractivity contribution in [3.05, 3.63) is 46.8 Å². The van der Waals surface area contributed by atoms with Crippen LogP contribution in [0.1, 0.15) is 41.5 Å². The van der Waals surface area contributed by atoms with E-state index >= 15 is 0 Å². The van der Waals surface area contributed by atoms with Gasteiger partial charge in [-0.3, -0.25) is 4.79 Å². The van der Waals surface area contributed by atoms with E-state index in [1.54, 1.807) is 17.8 Å². The zero-order valence-corrected chi connectivity index (χ0v) is 16.1. The number of amides is 1. The molecule has 2 aliphatic heterocycles. The van der Waals surface area contributed by atoms with E-state index < -0.39 is 5.91 Å². The average Bonchev–Trinajstić information content (AvgIpc) is 2.62. The number of carbonyl (C=O) groups is 1. The molecule has 3 rings (SSSR count). The van der Waals surface area contributed by atoms with E-state index in [2.05, 4.69) is 29.8 Å². The summed E-state index contributed by atoms with van der Waals surface area (Å²) in [4.78, 5) is 12.6. The molecule has 1 aromatic heterocycles. The van der Waals surface area contributed by atoms with Crippen LogP contribution < -0.4 is 5.73 Å². The van der Waals surface area contributed by atoms with Gasteiger partial charge in [-0.2, -0.15) is 16.9 Å². The molecule has 25 heavy (non-hydrogen) atoms. The largest absolute Gasteiger partial charge is 0.364 e. The zero-order chi connectivity index (χ0) is 17.8. The molecule has 0 aliphatic carbocycles. The second-order valence-corrected chi connectivity index (χ2v) is 8.57. The highest BCUT2D eigenvalue weighted by atomic mass is 32.2. The molecular formula is C19H23N3OS2. The fourth-order valence-electron chi connectivity index (χ4n) is 3.19. The molecule has 2 aliphatic rings. The van der Waals surface area contributed by atoms with Crippen LogP contribution in [0.25, 0.3) is 6.08 Å². The van der Waals surface area contributed by atoms with Gasteiger partial charge in [-0.25, -0.2) is 0 Å². The SMILES string of the molecule is C=C/C=C(\C)C1=Cc2c(CC3CCCSC3)nnc(C(N)=O)c2SC1. The minimum atomic E-state index is -0.508. The quantitative estimate of drug-likeness (QED) is 0.793. The van der Waals surface area contributed by atoms with Gasteiger partial charge in [-0.1, -0.05) is 18.7 Å². The summed E-state index contributed by atoms with van der Waals surface area (Å²) >= 11 is 3.65. The topological polar surface area (TPSA) is 68.9 Å². The first-order valence-corrected chi connectivity index (χ1v) is 10.6. The first-order chi connectivity index (χ1) is 12.1. The number of allylic oxidation sites excluding steroid dienone is 3. The molecule has 1 aromatic rings. The highest BCUT2D eigenvalue weighted by Gasteiger charge is 2.25. The van der Waals surface area contributed by atoms with Crippen LogP contribution in [0.3, 0.4) is 0 Å². The van der Waals surface area contributed by atoms with Crippen molar-refractivity contribution in [1.29, 1.82) is 0 Å². The van der Waals surface area contributed by atoms with Gasteiger partial charge in [0.15, 0.2) is 5.69 Å². The number of fused-ring (bicyclic) bond motifs is 1. The second-order valence-electron chi connectivity index (χ2n) is 6.43. The molecule has 0 radical (unpaired) electrons. The van der Waals surface area contributed by atoms with Crippen molar-refractivity contribution in [2.24, 2.45) is 11.7 Å². The second kappa shape index (κ2) is 8.23. The van der Waals surface area contributed by atoms with Crippen molar-refractivity contribution < 1.29 is 4.79 Å². The number of hydrogen-bond acceptors (Lipinski definition) is 5. The summed E-state index contributed by atoms with van der Waals surface area (Å²) in [5, 5.41) is 8.54. The molecule has 0 spiro atoms. The van der Waals surface area contributed by atoms with Gasteiger partial charge in [-0.05, 0) is 60.8 Å². The summed E-state index contributed by atoms with van der Waals surface area (Å²) in [5.41, 5.74) is 10.2. The maximum atomic E-state index is 11.7. The zero-order valence-electron chi connectivity index (χ0n) is 14.5. The lowest BCUT2D eigenvalue weighted by Crippen LogP contribution is -2.21. The Hall–Kier alpha value is -1.53. The third-order valence-corrected chi connectivity index (χ3v) is 7.02. The van der Waals surface area contributed by atoms with Crippen LogP contribution in [0.15, 0.2) is 34.8 Å². The van der Waals surface area contributed by atoms with Crippen molar-refractivity contribution in [2.75, 3.05) is 17.3 Å². The number of primary amides is 1.